The van der Waals surface area contributed by atoms with Gasteiger partial charge >= 0.3 is 0 Å². The van der Waals surface area contributed by atoms with Crippen LogP contribution >= 0.6 is 11.3 Å². The number of anilines is 1. The molecule has 146 valence electrons. The number of hydrogen-bond donors (Lipinski definition) is 1. The number of guanidine groups is 1. The van der Waals surface area contributed by atoms with Gasteiger partial charge in [-0.25, -0.2) is 4.98 Å². The number of nitrogens with zero attached hydrogens (tertiary/aromatic N) is 4. The smallest absolute Gasteiger partial charge is 0.194 e. The number of aryl methyl sites for hydroxylation is 1. The van der Waals surface area contributed by atoms with E-state index in [2.05, 4.69) is 44.5 Å². The maximum absolute atomic E-state index is 5.25. The minimum Gasteiger partial charge on any atom is -0.497 e. The lowest BCUT2D eigenvalue weighted by atomic mass is 10.2. The Balaban J connectivity index is 1.54. The third kappa shape index (κ3) is 5.35. The minimum absolute atomic E-state index is 0.768. The molecule has 2 heterocycles. The fourth-order valence-corrected chi connectivity index (χ4v) is 3.84. The Bertz CT molecular complexity index is 735. The first kappa shape index (κ1) is 19.5. The highest BCUT2D eigenvalue weighted by Gasteiger charge is 2.19. The van der Waals surface area contributed by atoms with Gasteiger partial charge in [-0.05, 0) is 38.1 Å². The predicted octanol–water partition coefficient (Wildman–Crippen LogP) is 2.79. The first-order valence-electron chi connectivity index (χ1n) is 9.53. The van der Waals surface area contributed by atoms with Gasteiger partial charge in [-0.3, -0.25) is 4.99 Å². The van der Waals surface area contributed by atoms with E-state index in [1.54, 1.807) is 18.4 Å². The lowest BCUT2D eigenvalue weighted by Crippen LogP contribution is -2.52. The molecule has 1 N–H and O–H groups in total. The fraction of sp³-hybridized carbons (Fsp3) is 0.500. The van der Waals surface area contributed by atoms with Gasteiger partial charge in [0.15, 0.2) is 5.96 Å². The van der Waals surface area contributed by atoms with Crippen molar-refractivity contribution in [2.45, 2.75) is 20.3 Å². The second kappa shape index (κ2) is 9.60. The average Bonchev–Trinajstić information content (AvgIpc) is 3.13. The van der Waals surface area contributed by atoms with Crippen molar-refractivity contribution in [1.29, 1.82) is 0 Å². The fourth-order valence-electron chi connectivity index (χ4n) is 3.19. The van der Waals surface area contributed by atoms with Gasteiger partial charge in [-0.1, -0.05) is 0 Å². The van der Waals surface area contributed by atoms with Crippen molar-refractivity contribution in [2.75, 3.05) is 51.3 Å². The molecule has 0 aliphatic carbocycles. The van der Waals surface area contributed by atoms with E-state index in [0.29, 0.717) is 0 Å². The van der Waals surface area contributed by atoms with Gasteiger partial charge in [0.05, 0.1) is 17.8 Å². The van der Waals surface area contributed by atoms with E-state index in [0.717, 1.165) is 68.1 Å². The van der Waals surface area contributed by atoms with E-state index in [4.69, 9.17) is 9.73 Å². The largest absolute Gasteiger partial charge is 0.497 e. The van der Waals surface area contributed by atoms with Crippen molar-refractivity contribution in [1.82, 2.24) is 15.2 Å². The van der Waals surface area contributed by atoms with Crippen LogP contribution in [0.5, 0.6) is 5.75 Å². The molecule has 1 saturated heterocycles. The molecule has 0 amide bonds. The molecule has 3 rings (SSSR count). The molecule has 1 fully saturated rings. The zero-order chi connectivity index (χ0) is 19.1. The van der Waals surface area contributed by atoms with Gasteiger partial charge < -0.3 is 19.9 Å². The molecule has 1 aliphatic rings. The molecule has 0 radical (unpaired) electrons. The average molecular weight is 388 g/mol. The monoisotopic (exact) mass is 387 g/mol. The van der Waals surface area contributed by atoms with Gasteiger partial charge in [0.2, 0.25) is 0 Å². The van der Waals surface area contributed by atoms with Crippen LogP contribution in [0.25, 0.3) is 0 Å². The van der Waals surface area contributed by atoms with Crippen LogP contribution in [0.15, 0.2) is 34.6 Å². The Labute approximate surface area is 165 Å². The highest BCUT2D eigenvalue weighted by molar-refractivity contribution is 7.09. The third-order valence-corrected chi connectivity index (χ3v) is 5.47. The summed E-state index contributed by atoms with van der Waals surface area (Å²) in [7, 11) is 1.70. The number of rotatable bonds is 6. The predicted molar refractivity (Wildman–Crippen MR) is 113 cm³/mol. The zero-order valence-electron chi connectivity index (χ0n) is 16.4. The van der Waals surface area contributed by atoms with Crippen LogP contribution in [0.2, 0.25) is 0 Å². The SMILES string of the molecule is CCNC(=NCCc1csc(C)n1)N1CCN(c2ccc(OC)cc2)CC1. The molecule has 0 bridgehead atoms. The zero-order valence-corrected chi connectivity index (χ0v) is 17.3. The number of benzene rings is 1. The molecule has 1 aromatic heterocycles. The standard InChI is InChI=1S/C20H29N5OS/c1-4-21-20(22-10-9-17-15-27-16(2)23-17)25-13-11-24(12-14-25)18-5-7-19(26-3)8-6-18/h5-8,15H,4,9-14H2,1-3H3,(H,21,22). The maximum Gasteiger partial charge on any atom is 0.194 e. The normalized spacial score (nSPS) is 15.1. The molecule has 2 aromatic rings. The second-order valence-corrected chi connectivity index (χ2v) is 7.58. The molecule has 0 unspecified atom stereocenters. The van der Waals surface area contributed by atoms with Crippen molar-refractivity contribution >= 4 is 23.0 Å². The second-order valence-electron chi connectivity index (χ2n) is 6.52. The first-order chi connectivity index (χ1) is 13.2. The lowest BCUT2D eigenvalue weighted by molar-refractivity contribution is 0.372. The van der Waals surface area contributed by atoms with Crippen LogP contribution in [0.1, 0.15) is 17.6 Å². The quantitative estimate of drug-likeness (QED) is 0.610. The van der Waals surface area contributed by atoms with E-state index in [1.807, 2.05) is 19.1 Å². The molecule has 6 nitrogen and oxygen atoms in total. The highest BCUT2D eigenvalue weighted by atomic mass is 32.1. The summed E-state index contributed by atoms with van der Waals surface area (Å²) in [6, 6.07) is 8.30. The summed E-state index contributed by atoms with van der Waals surface area (Å²) in [4.78, 5) is 14.1. The summed E-state index contributed by atoms with van der Waals surface area (Å²) in [5.74, 6) is 1.91. The van der Waals surface area contributed by atoms with Gasteiger partial charge in [-0.15, -0.1) is 11.3 Å². The number of aliphatic imine (C=N–C) groups is 1. The molecular formula is C20H29N5OS. The number of hydrogen-bond acceptors (Lipinski definition) is 5. The summed E-state index contributed by atoms with van der Waals surface area (Å²) in [6.45, 7) is 9.72. The summed E-state index contributed by atoms with van der Waals surface area (Å²) < 4.78 is 5.25. The van der Waals surface area contributed by atoms with E-state index >= 15 is 0 Å². The number of thiazole rings is 1. The molecule has 0 spiro atoms. The number of ether oxygens (including phenoxy) is 1. The Morgan fingerprint density at radius 1 is 1.22 bits per heavy atom. The van der Waals surface area contributed by atoms with Crippen molar-refractivity contribution in [3.63, 3.8) is 0 Å². The van der Waals surface area contributed by atoms with Gasteiger partial charge in [0, 0.05) is 56.8 Å². The summed E-state index contributed by atoms with van der Waals surface area (Å²) in [5.41, 5.74) is 2.39. The number of nitrogens with one attached hydrogen (secondary N) is 1. The lowest BCUT2D eigenvalue weighted by Gasteiger charge is -2.37. The number of aromatic nitrogens is 1. The van der Waals surface area contributed by atoms with Gasteiger partial charge in [0.25, 0.3) is 0 Å². The molecule has 0 saturated carbocycles. The van der Waals surface area contributed by atoms with Gasteiger partial charge in [0.1, 0.15) is 5.75 Å². The van der Waals surface area contributed by atoms with Crippen molar-refractivity contribution < 1.29 is 4.74 Å². The topological polar surface area (TPSA) is 53.0 Å². The Morgan fingerprint density at radius 2 is 1.96 bits per heavy atom. The van der Waals surface area contributed by atoms with Gasteiger partial charge in [-0.2, -0.15) is 0 Å². The molecule has 0 atom stereocenters. The summed E-state index contributed by atoms with van der Waals surface area (Å²) in [5, 5.41) is 6.69. The van der Waals surface area contributed by atoms with Crippen molar-refractivity contribution in [2.24, 2.45) is 4.99 Å². The molecular weight excluding hydrogens is 358 g/mol. The van der Waals surface area contributed by atoms with E-state index in [1.165, 1.54) is 5.69 Å². The maximum atomic E-state index is 5.25. The van der Waals surface area contributed by atoms with E-state index in [-0.39, 0.29) is 0 Å². The van der Waals surface area contributed by atoms with Crippen LogP contribution < -0.4 is 15.0 Å². The van der Waals surface area contributed by atoms with E-state index in [9.17, 15) is 0 Å². The molecule has 1 aliphatic heterocycles. The Morgan fingerprint density at radius 3 is 2.56 bits per heavy atom. The van der Waals surface area contributed by atoms with Crippen LogP contribution in [-0.4, -0.2) is 62.2 Å². The van der Waals surface area contributed by atoms with Crippen LogP contribution in [-0.2, 0) is 6.42 Å². The number of piperazine rings is 1. The molecule has 1 aromatic carbocycles. The van der Waals surface area contributed by atoms with E-state index < -0.39 is 0 Å². The Hall–Kier alpha value is -2.28. The highest BCUT2D eigenvalue weighted by Crippen LogP contribution is 2.20. The van der Waals surface area contributed by atoms with Crippen molar-refractivity contribution in [3.05, 3.63) is 40.3 Å². The first-order valence-corrected chi connectivity index (χ1v) is 10.4. The minimum atomic E-state index is 0.768. The number of methoxy groups -OCH3 is 1. The molecule has 27 heavy (non-hydrogen) atoms. The van der Waals surface area contributed by atoms with Crippen LogP contribution in [0.4, 0.5) is 5.69 Å². The molecule has 7 heteroatoms. The van der Waals surface area contributed by atoms with Crippen LogP contribution in [0.3, 0.4) is 0 Å². The summed E-state index contributed by atoms with van der Waals surface area (Å²) >= 11 is 1.70. The van der Waals surface area contributed by atoms with Crippen molar-refractivity contribution in [3.8, 4) is 5.75 Å². The Kier molecular flexibility index (Phi) is 6.92. The third-order valence-electron chi connectivity index (χ3n) is 4.65. The van der Waals surface area contributed by atoms with Crippen LogP contribution in [0, 0.1) is 6.92 Å². The summed E-state index contributed by atoms with van der Waals surface area (Å²) in [6.07, 6.45) is 0.894.